The molecule has 1 aliphatic heterocycles. The molecule has 6 nitrogen and oxygen atoms in total. The number of hydrogen-bond acceptors (Lipinski definition) is 6. The molecule has 2 heterocycles. The molecule has 0 atom stereocenters. The van der Waals surface area contributed by atoms with Crippen molar-refractivity contribution >= 4 is 40.3 Å². The summed E-state index contributed by atoms with van der Waals surface area (Å²) in [7, 11) is 1.61. The van der Waals surface area contributed by atoms with Gasteiger partial charge in [0.2, 0.25) is 0 Å². The van der Waals surface area contributed by atoms with Crippen molar-refractivity contribution in [3.63, 3.8) is 0 Å². The zero-order chi connectivity index (χ0) is 25.7. The monoisotopic (exact) mass is 521 g/mol. The molecule has 8 heteroatoms. The highest BCUT2D eigenvalue weighted by Crippen LogP contribution is 2.35. The van der Waals surface area contributed by atoms with Gasteiger partial charge in [0.15, 0.2) is 0 Å². The summed E-state index contributed by atoms with van der Waals surface area (Å²) in [6, 6.07) is 16.0. The van der Waals surface area contributed by atoms with E-state index in [0.717, 1.165) is 40.2 Å². The summed E-state index contributed by atoms with van der Waals surface area (Å²) in [6.07, 6.45) is 4.85. The fourth-order valence-corrected chi connectivity index (χ4v) is 5.11. The SMILES string of the molecule is COCCN1C(=O)/C(=C/c2cn(-c3ccccc3)nc2-c2ccc(OCCC(C)C)c(C)c2)SC1=S. The van der Waals surface area contributed by atoms with Crippen molar-refractivity contribution in [3.8, 4) is 22.7 Å². The van der Waals surface area contributed by atoms with Crippen molar-refractivity contribution in [3.05, 3.63) is 70.8 Å². The Kier molecular flexibility index (Phi) is 8.61. The molecule has 4 rings (SSSR count). The molecule has 1 aliphatic rings. The number of hydrogen-bond donors (Lipinski definition) is 0. The van der Waals surface area contributed by atoms with Gasteiger partial charge in [-0.05, 0) is 61.2 Å². The first-order chi connectivity index (χ1) is 17.4. The van der Waals surface area contributed by atoms with E-state index in [2.05, 4.69) is 19.9 Å². The molecular formula is C28H31N3O3S2. The van der Waals surface area contributed by atoms with E-state index in [9.17, 15) is 4.79 Å². The molecule has 1 aromatic heterocycles. The Hall–Kier alpha value is -2.94. The number of carbonyl (C=O) groups excluding carboxylic acids is 1. The molecule has 1 saturated heterocycles. The van der Waals surface area contributed by atoms with Crippen LogP contribution in [0.1, 0.15) is 31.4 Å². The predicted octanol–water partition coefficient (Wildman–Crippen LogP) is 6.12. The third kappa shape index (κ3) is 6.06. The van der Waals surface area contributed by atoms with Gasteiger partial charge in [-0.3, -0.25) is 9.69 Å². The largest absolute Gasteiger partial charge is 0.493 e. The van der Waals surface area contributed by atoms with Crippen LogP contribution in [0.4, 0.5) is 0 Å². The normalized spacial score (nSPS) is 14.9. The van der Waals surface area contributed by atoms with Crippen LogP contribution >= 0.6 is 24.0 Å². The maximum absolute atomic E-state index is 13.0. The number of amides is 1. The number of ether oxygens (including phenoxy) is 2. The highest BCUT2D eigenvalue weighted by molar-refractivity contribution is 8.26. The molecule has 0 N–H and O–H groups in total. The van der Waals surface area contributed by atoms with E-state index in [0.29, 0.717) is 34.9 Å². The molecule has 0 saturated carbocycles. The Labute approximate surface area is 222 Å². The maximum Gasteiger partial charge on any atom is 0.266 e. The van der Waals surface area contributed by atoms with Crippen LogP contribution in [0, 0.1) is 12.8 Å². The van der Waals surface area contributed by atoms with Gasteiger partial charge in [0.25, 0.3) is 5.91 Å². The highest BCUT2D eigenvalue weighted by Gasteiger charge is 2.32. The van der Waals surface area contributed by atoms with E-state index in [1.807, 2.05) is 66.3 Å². The van der Waals surface area contributed by atoms with Crippen LogP contribution in [-0.2, 0) is 9.53 Å². The molecule has 0 unspecified atom stereocenters. The number of methoxy groups -OCH3 is 1. The summed E-state index contributed by atoms with van der Waals surface area (Å²) < 4.78 is 13.5. The first kappa shape index (κ1) is 26.1. The summed E-state index contributed by atoms with van der Waals surface area (Å²) in [5, 5.41) is 4.91. The summed E-state index contributed by atoms with van der Waals surface area (Å²) >= 11 is 6.76. The number of rotatable bonds is 10. The fraction of sp³-hybridized carbons (Fsp3) is 0.321. The fourth-order valence-electron chi connectivity index (χ4n) is 3.81. The highest BCUT2D eigenvalue weighted by atomic mass is 32.2. The summed E-state index contributed by atoms with van der Waals surface area (Å²) in [5.41, 5.74) is 4.58. The average molecular weight is 522 g/mol. The van der Waals surface area contributed by atoms with Crippen LogP contribution in [0.5, 0.6) is 5.75 Å². The molecule has 2 aromatic carbocycles. The van der Waals surface area contributed by atoms with Gasteiger partial charge in [-0.2, -0.15) is 5.10 Å². The number of thioether (sulfide) groups is 1. The standard InChI is InChI=1S/C28H31N3O3S2/c1-19(2)12-14-34-24-11-10-21(16-20(24)3)26-22(18-31(29-26)23-8-6-5-7-9-23)17-25-27(32)30(13-15-33-4)28(35)36-25/h5-11,16-19H,12-15H2,1-4H3/b25-17-. The van der Waals surface area contributed by atoms with Gasteiger partial charge >= 0.3 is 0 Å². The lowest BCUT2D eigenvalue weighted by atomic mass is 10.0. The third-order valence-electron chi connectivity index (χ3n) is 5.84. The summed E-state index contributed by atoms with van der Waals surface area (Å²) in [4.78, 5) is 15.2. The lowest BCUT2D eigenvalue weighted by molar-refractivity contribution is -0.122. The number of nitrogens with zero attached hydrogens (tertiary/aromatic N) is 3. The van der Waals surface area contributed by atoms with Gasteiger partial charge in [0.05, 0.1) is 30.4 Å². The lowest BCUT2D eigenvalue weighted by Crippen LogP contribution is -2.31. The number of aromatic nitrogens is 2. The van der Waals surface area contributed by atoms with Gasteiger partial charge in [0, 0.05) is 24.4 Å². The van der Waals surface area contributed by atoms with E-state index in [1.165, 1.54) is 11.8 Å². The number of aryl methyl sites for hydroxylation is 1. The van der Waals surface area contributed by atoms with Crippen molar-refractivity contribution in [2.45, 2.75) is 27.2 Å². The number of para-hydroxylation sites is 1. The average Bonchev–Trinajstić information content (AvgIpc) is 3.40. The van der Waals surface area contributed by atoms with Crippen LogP contribution in [0.25, 0.3) is 23.0 Å². The smallest absolute Gasteiger partial charge is 0.266 e. The number of carbonyl (C=O) groups is 1. The minimum atomic E-state index is -0.106. The number of thiocarbonyl (C=S) groups is 1. The van der Waals surface area contributed by atoms with E-state index < -0.39 is 0 Å². The van der Waals surface area contributed by atoms with Crippen molar-refractivity contribution in [2.75, 3.05) is 26.9 Å². The third-order valence-corrected chi connectivity index (χ3v) is 7.22. The Morgan fingerprint density at radius 2 is 1.92 bits per heavy atom. The van der Waals surface area contributed by atoms with Crippen LogP contribution < -0.4 is 4.74 Å². The lowest BCUT2D eigenvalue weighted by Gasteiger charge is -2.13. The molecule has 188 valence electrons. The molecular weight excluding hydrogens is 490 g/mol. The molecule has 0 bridgehead atoms. The molecule has 0 aliphatic carbocycles. The Balaban J connectivity index is 1.70. The quantitative estimate of drug-likeness (QED) is 0.237. The van der Waals surface area contributed by atoms with Crippen molar-refractivity contribution < 1.29 is 14.3 Å². The van der Waals surface area contributed by atoms with E-state index in [1.54, 1.807) is 12.0 Å². The first-order valence-electron chi connectivity index (χ1n) is 12.0. The van der Waals surface area contributed by atoms with Crippen LogP contribution in [0.3, 0.4) is 0 Å². The topological polar surface area (TPSA) is 56.6 Å². The second kappa shape index (κ2) is 11.9. The zero-order valence-electron chi connectivity index (χ0n) is 21.1. The maximum atomic E-state index is 13.0. The van der Waals surface area contributed by atoms with Crippen LogP contribution in [0.2, 0.25) is 0 Å². The minimum absolute atomic E-state index is 0.106. The van der Waals surface area contributed by atoms with Gasteiger partial charge in [-0.1, -0.05) is 56.0 Å². The summed E-state index contributed by atoms with van der Waals surface area (Å²) in [5.74, 6) is 1.37. The second-order valence-electron chi connectivity index (χ2n) is 9.05. The molecule has 1 fully saturated rings. The van der Waals surface area contributed by atoms with E-state index in [4.69, 9.17) is 26.8 Å². The Morgan fingerprint density at radius 1 is 1.14 bits per heavy atom. The Bertz CT molecular complexity index is 1270. The van der Waals surface area contributed by atoms with E-state index >= 15 is 0 Å². The van der Waals surface area contributed by atoms with E-state index in [-0.39, 0.29) is 5.91 Å². The molecule has 1 amide bonds. The van der Waals surface area contributed by atoms with Gasteiger partial charge in [0.1, 0.15) is 15.8 Å². The van der Waals surface area contributed by atoms with Gasteiger partial charge in [-0.15, -0.1) is 0 Å². The van der Waals surface area contributed by atoms with Gasteiger partial charge < -0.3 is 9.47 Å². The molecule has 0 spiro atoms. The molecule has 3 aromatic rings. The second-order valence-corrected chi connectivity index (χ2v) is 10.7. The first-order valence-corrected chi connectivity index (χ1v) is 13.2. The minimum Gasteiger partial charge on any atom is -0.493 e. The summed E-state index contributed by atoms with van der Waals surface area (Å²) in [6.45, 7) is 7.98. The zero-order valence-corrected chi connectivity index (χ0v) is 22.7. The van der Waals surface area contributed by atoms with Gasteiger partial charge in [-0.25, -0.2) is 4.68 Å². The van der Waals surface area contributed by atoms with Crippen molar-refractivity contribution in [1.82, 2.24) is 14.7 Å². The molecule has 0 radical (unpaired) electrons. The van der Waals surface area contributed by atoms with Crippen LogP contribution in [0.15, 0.2) is 59.6 Å². The van der Waals surface area contributed by atoms with Crippen molar-refractivity contribution in [2.24, 2.45) is 5.92 Å². The van der Waals surface area contributed by atoms with Crippen LogP contribution in [-0.4, -0.2) is 51.8 Å². The molecule has 36 heavy (non-hydrogen) atoms. The predicted molar refractivity (Wildman–Crippen MR) is 150 cm³/mol. The Morgan fingerprint density at radius 3 is 2.61 bits per heavy atom. The number of benzene rings is 2. The van der Waals surface area contributed by atoms with Crippen molar-refractivity contribution in [1.29, 1.82) is 0 Å².